The zero-order chi connectivity index (χ0) is 22.8. The molecular formula is C22H31ClN4O3S. The first-order valence-corrected chi connectivity index (χ1v) is 11.9. The van der Waals surface area contributed by atoms with Crippen molar-refractivity contribution in [3.05, 3.63) is 34.6 Å². The number of carbonyl (C=O) groups is 1. The summed E-state index contributed by atoms with van der Waals surface area (Å²) in [6.07, 6.45) is 6.73. The van der Waals surface area contributed by atoms with Crippen molar-refractivity contribution in [1.82, 2.24) is 20.1 Å². The number of carbonyl (C=O) groups excluding carboxylic acids is 1. The van der Waals surface area contributed by atoms with Crippen molar-refractivity contribution in [3.8, 4) is 11.5 Å². The SMILES string of the molecule is CCOc1c(Cl)cc(C=CC(=O)NCCCc2nnc(SC)n2CC(C)C)cc1OC. The molecule has 0 atom stereocenters. The van der Waals surface area contributed by atoms with Crippen molar-refractivity contribution < 1.29 is 14.3 Å². The highest BCUT2D eigenvalue weighted by molar-refractivity contribution is 7.98. The Kier molecular flexibility index (Phi) is 10.2. The van der Waals surface area contributed by atoms with E-state index in [1.807, 2.05) is 13.2 Å². The van der Waals surface area contributed by atoms with E-state index in [4.69, 9.17) is 21.1 Å². The predicted octanol–water partition coefficient (Wildman–Crippen LogP) is 4.48. The molecule has 1 heterocycles. The molecule has 31 heavy (non-hydrogen) atoms. The van der Waals surface area contributed by atoms with Gasteiger partial charge in [0, 0.05) is 25.6 Å². The van der Waals surface area contributed by atoms with Gasteiger partial charge >= 0.3 is 0 Å². The van der Waals surface area contributed by atoms with Gasteiger partial charge in [-0.25, -0.2) is 0 Å². The maximum atomic E-state index is 12.2. The molecule has 9 heteroatoms. The van der Waals surface area contributed by atoms with Gasteiger partial charge in [0.1, 0.15) is 5.82 Å². The minimum Gasteiger partial charge on any atom is -0.493 e. The highest BCUT2D eigenvalue weighted by Crippen LogP contribution is 2.36. The van der Waals surface area contributed by atoms with Crippen LogP contribution in [0.3, 0.4) is 0 Å². The summed E-state index contributed by atoms with van der Waals surface area (Å²) >= 11 is 7.87. The Morgan fingerprint density at radius 3 is 2.77 bits per heavy atom. The number of rotatable bonds is 12. The minimum absolute atomic E-state index is 0.169. The Morgan fingerprint density at radius 1 is 1.35 bits per heavy atom. The quantitative estimate of drug-likeness (QED) is 0.282. The molecule has 0 aliphatic heterocycles. The molecule has 7 nitrogen and oxygen atoms in total. The van der Waals surface area contributed by atoms with Crippen LogP contribution in [-0.4, -0.2) is 47.2 Å². The molecule has 170 valence electrons. The molecule has 1 amide bonds. The normalized spacial score (nSPS) is 11.3. The molecule has 2 aromatic rings. The van der Waals surface area contributed by atoms with Gasteiger partial charge in [0.05, 0.1) is 18.7 Å². The standard InChI is InChI=1S/C22H31ClN4O3S/c1-6-30-21-17(23)12-16(13-18(21)29-4)9-10-20(28)24-11-7-8-19-25-26-22(31-5)27(19)14-15(2)3/h9-10,12-13,15H,6-8,11,14H2,1-5H3,(H,24,28). The monoisotopic (exact) mass is 466 g/mol. The lowest BCUT2D eigenvalue weighted by Crippen LogP contribution is -2.23. The molecule has 0 radical (unpaired) electrons. The number of nitrogens with zero attached hydrogens (tertiary/aromatic N) is 3. The molecule has 0 aliphatic rings. The molecule has 1 aromatic carbocycles. The maximum absolute atomic E-state index is 12.2. The summed E-state index contributed by atoms with van der Waals surface area (Å²) in [5.41, 5.74) is 0.756. The van der Waals surface area contributed by atoms with Crippen LogP contribution >= 0.6 is 23.4 Å². The largest absolute Gasteiger partial charge is 0.493 e. The Morgan fingerprint density at radius 2 is 2.13 bits per heavy atom. The number of ether oxygens (including phenoxy) is 2. The first-order chi connectivity index (χ1) is 14.9. The van der Waals surface area contributed by atoms with Crippen LogP contribution in [0.25, 0.3) is 6.08 Å². The third-order valence-corrected chi connectivity index (χ3v) is 5.32. The van der Waals surface area contributed by atoms with Crippen LogP contribution in [0.15, 0.2) is 23.4 Å². The summed E-state index contributed by atoms with van der Waals surface area (Å²) in [4.78, 5) is 12.2. The van der Waals surface area contributed by atoms with Crippen molar-refractivity contribution in [1.29, 1.82) is 0 Å². The number of halogens is 1. The second kappa shape index (κ2) is 12.6. The molecule has 2 rings (SSSR count). The number of thioether (sulfide) groups is 1. The summed E-state index contributed by atoms with van der Waals surface area (Å²) in [5, 5.41) is 12.8. The highest BCUT2D eigenvalue weighted by atomic mass is 35.5. The Balaban J connectivity index is 1.88. The molecule has 1 aromatic heterocycles. The van der Waals surface area contributed by atoms with Crippen LogP contribution < -0.4 is 14.8 Å². The van der Waals surface area contributed by atoms with E-state index in [1.54, 1.807) is 37.1 Å². The fourth-order valence-electron chi connectivity index (χ4n) is 3.01. The van der Waals surface area contributed by atoms with Gasteiger partial charge in [0.15, 0.2) is 16.7 Å². The van der Waals surface area contributed by atoms with Gasteiger partial charge in [-0.1, -0.05) is 37.2 Å². The molecule has 0 spiro atoms. The summed E-state index contributed by atoms with van der Waals surface area (Å²) in [5.74, 6) is 2.34. The summed E-state index contributed by atoms with van der Waals surface area (Å²) in [7, 11) is 1.55. The van der Waals surface area contributed by atoms with E-state index in [0.29, 0.717) is 35.6 Å². The summed E-state index contributed by atoms with van der Waals surface area (Å²) in [6.45, 7) is 8.16. The maximum Gasteiger partial charge on any atom is 0.243 e. The van der Waals surface area contributed by atoms with E-state index >= 15 is 0 Å². The van der Waals surface area contributed by atoms with Crippen molar-refractivity contribution >= 4 is 35.3 Å². The van der Waals surface area contributed by atoms with Crippen LogP contribution in [0.2, 0.25) is 5.02 Å². The Labute approximate surface area is 193 Å². The first kappa shape index (κ1) is 25.1. The lowest BCUT2D eigenvalue weighted by molar-refractivity contribution is -0.116. The van der Waals surface area contributed by atoms with Gasteiger partial charge < -0.3 is 19.4 Å². The number of aromatic nitrogens is 3. The van der Waals surface area contributed by atoms with Gasteiger partial charge in [-0.3, -0.25) is 4.79 Å². The zero-order valence-corrected chi connectivity index (χ0v) is 20.3. The fraction of sp³-hybridized carbons (Fsp3) is 0.500. The Hall–Kier alpha value is -2.19. The van der Waals surface area contributed by atoms with E-state index < -0.39 is 0 Å². The molecular weight excluding hydrogens is 436 g/mol. The molecule has 0 aliphatic carbocycles. The van der Waals surface area contributed by atoms with E-state index in [2.05, 4.69) is 33.9 Å². The summed E-state index contributed by atoms with van der Waals surface area (Å²) < 4.78 is 13.0. The van der Waals surface area contributed by atoms with Gasteiger partial charge in [-0.05, 0) is 49.3 Å². The second-order valence-electron chi connectivity index (χ2n) is 7.30. The number of methoxy groups -OCH3 is 1. The third kappa shape index (κ3) is 7.47. The van der Waals surface area contributed by atoms with Crippen molar-refractivity contribution in [3.63, 3.8) is 0 Å². The fourth-order valence-corrected chi connectivity index (χ4v) is 3.81. The summed E-state index contributed by atoms with van der Waals surface area (Å²) in [6, 6.07) is 3.52. The second-order valence-corrected chi connectivity index (χ2v) is 8.48. The topological polar surface area (TPSA) is 78.3 Å². The number of hydrogen-bond acceptors (Lipinski definition) is 6. The van der Waals surface area contributed by atoms with E-state index in [9.17, 15) is 4.79 Å². The molecule has 0 saturated carbocycles. The smallest absolute Gasteiger partial charge is 0.243 e. The first-order valence-electron chi connectivity index (χ1n) is 10.3. The lowest BCUT2D eigenvalue weighted by Gasteiger charge is -2.12. The van der Waals surface area contributed by atoms with Crippen molar-refractivity contribution in [2.45, 2.75) is 45.3 Å². The van der Waals surface area contributed by atoms with Gasteiger partial charge in [-0.2, -0.15) is 0 Å². The van der Waals surface area contributed by atoms with Crippen LogP contribution in [0.5, 0.6) is 11.5 Å². The molecule has 0 unspecified atom stereocenters. The van der Waals surface area contributed by atoms with Crippen LogP contribution in [0.4, 0.5) is 0 Å². The van der Waals surface area contributed by atoms with Crippen LogP contribution in [0.1, 0.15) is 38.6 Å². The average Bonchev–Trinajstić information content (AvgIpc) is 3.12. The molecule has 0 fully saturated rings. The lowest BCUT2D eigenvalue weighted by atomic mass is 10.2. The predicted molar refractivity (Wildman–Crippen MR) is 126 cm³/mol. The highest BCUT2D eigenvalue weighted by Gasteiger charge is 2.13. The van der Waals surface area contributed by atoms with Gasteiger partial charge in [0.25, 0.3) is 0 Å². The van der Waals surface area contributed by atoms with E-state index in [-0.39, 0.29) is 5.91 Å². The molecule has 1 N–H and O–H groups in total. The molecule has 0 saturated heterocycles. The number of benzene rings is 1. The number of hydrogen-bond donors (Lipinski definition) is 1. The molecule has 0 bridgehead atoms. The van der Waals surface area contributed by atoms with E-state index in [0.717, 1.165) is 35.9 Å². The number of aryl methyl sites for hydroxylation is 1. The van der Waals surface area contributed by atoms with Crippen LogP contribution in [-0.2, 0) is 17.8 Å². The Bertz CT molecular complexity index is 899. The van der Waals surface area contributed by atoms with Gasteiger partial charge in [0.2, 0.25) is 5.91 Å². The van der Waals surface area contributed by atoms with E-state index in [1.165, 1.54) is 6.08 Å². The average molecular weight is 467 g/mol. The van der Waals surface area contributed by atoms with Gasteiger partial charge in [-0.15, -0.1) is 10.2 Å². The van der Waals surface area contributed by atoms with Crippen LogP contribution in [0, 0.1) is 5.92 Å². The third-order valence-electron chi connectivity index (χ3n) is 4.37. The zero-order valence-electron chi connectivity index (χ0n) is 18.8. The van der Waals surface area contributed by atoms with Crippen molar-refractivity contribution in [2.75, 3.05) is 26.5 Å². The minimum atomic E-state index is -0.169. The number of nitrogens with one attached hydrogen (secondary N) is 1. The van der Waals surface area contributed by atoms with Crippen molar-refractivity contribution in [2.24, 2.45) is 5.92 Å². The number of amides is 1.